The minimum Gasteiger partial charge on any atom is -0.278 e. The molecule has 0 spiro atoms. The number of rotatable bonds is 1. The zero-order chi connectivity index (χ0) is 8.84. The van der Waals surface area contributed by atoms with Gasteiger partial charge in [-0.1, -0.05) is 6.07 Å². The molecule has 13 heavy (non-hydrogen) atoms. The fraction of sp³-hybridized carbons (Fsp3) is 0.364. The second-order valence-corrected chi connectivity index (χ2v) is 3.90. The van der Waals surface area contributed by atoms with Crippen molar-refractivity contribution in [3.05, 3.63) is 29.5 Å². The second kappa shape index (κ2) is 2.34. The van der Waals surface area contributed by atoms with Gasteiger partial charge in [0.15, 0.2) is 0 Å². The molecule has 2 heteroatoms. The number of aromatic amines is 1. The van der Waals surface area contributed by atoms with E-state index in [1.54, 1.807) is 0 Å². The number of hydrogen-bond acceptors (Lipinski definition) is 1. The van der Waals surface area contributed by atoms with Crippen molar-refractivity contribution in [2.24, 2.45) is 0 Å². The molecule has 0 aliphatic heterocycles. The number of fused-ring (bicyclic) bond motifs is 1. The number of aryl methyl sites for hydroxylation is 1. The molecular weight excluding hydrogens is 160 g/mol. The molecule has 1 aromatic carbocycles. The van der Waals surface area contributed by atoms with Crippen LogP contribution in [0, 0.1) is 6.92 Å². The maximum atomic E-state index is 4.09. The smallest absolute Gasteiger partial charge is 0.0653 e. The van der Waals surface area contributed by atoms with E-state index in [2.05, 4.69) is 29.3 Å². The van der Waals surface area contributed by atoms with E-state index in [1.807, 2.05) is 6.20 Å². The van der Waals surface area contributed by atoms with Crippen LogP contribution in [0.3, 0.4) is 0 Å². The van der Waals surface area contributed by atoms with Gasteiger partial charge in [-0.3, -0.25) is 5.10 Å². The van der Waals surface area contributed by atoms with Crippen LogP contribution in [-0.2, 0) is 0 Å². The summed E-state index contributed by atoms with van der Waals surface area (Å²) in [6.07, 6.45) is 4.66. The highest BCUT2D eigenvalue weighted by Gasteiger charge is 2.27. The van der Waals surface area contributed by atoms with Crippen LogP contribution in [-0.4, -0.2) is 10.2 Å². The summed E-state index contributed by atoms with van der Waals surface area (Å²) in [5.74, 6) is 0.807. The van der Waals surface area contributed by atoms with E-state index < -0.39 is 0 Å². The van der Waals surface area contributed by atoms with E-state index in [9.17, 15) is 0 Å². The predicted molar refractivity (Wildman–Crippen MR) is 52.8 cm³/mol. The van der Waals surface area contributed by atoms with Crippen molar-refractivity contribution in [2.75, 3.05) is 0 Å². The van der Waals surface area contributed by atoms with Crippen LogP contribution < -0.4 is 0 Å². The molecule has 1 aromatic heterocycles. The van der Waals surface area contributed by atoms with Crippen LogP contribution in [0.5, 0.6) is 0 Å². The zero-order valence-corrected chi connectivity index (χ0v) is 7.67. The molecule has 0 saturated heterocycles. The summed E-state index contributed by atoms with van der Waals surface area (Å²) in [4.78, 5) is 0. The maximum absolute atomic E-state index is 4.09. The van der Waals surface area contributed by atoms with E-state index in [0.29, 0.717) is 0 Å². The normalized spacial score (nSPS) is 16.7. The fourth-order valence-electron chi connectivity index (χ4n) is 2.06. The highest BCUT2D eigenvalue weighted by molar-refractivity contribution is 5.83. The molecule has 0 radical (unpaired) electrons. The first kappa shape index (κ1) is 7.13. The molecule has 1 aliphatic rings. The average molecular weight is 172 g/mol. The summed E-state index contributed by atoms with van der Waals surface area (Å²) in [5, 5.41) is 8.43. The number of hydrogen-bond donors (Lipinski definition) is 1. The molecule has 1 fully saturated rings. The Hall–Kier alpha value is -1.31. The van der Waals surface area contributed by atoms with Gasteiger partial charge in [0.2, 0.25) is 0 Å². The molecule has 66 valence electrons. The van der Waals surface area contributed by atoms with Crippen LogP contribution in [0.1, 0.15) is 29.9 Å². The van der Waals surface area contributed by atoms with E-state index in [-0.39, 0.29) is 0 Å². The first-order chi connectivity index (χ1) is 6.36. The lowest BCUT2D eigenvalue weighted by Crippen LogP contribution is -1.86. The van der Waals surface area contributed by atoms with Gasteiger partial charge >= 0.3 is 0 Å². The Bertz CT molecular complexity index is 452. The lowest BCUT2D eigenvalue weighted by Gasteiger charge is -2.04. The number of nitrogens with one attached hydrogen (secondary N) is 1. The largest absolute Gasteiger partial charge is 0.278 e. The summed E-state index contributed by atoms with van der Waals surface area (Å²) in [6, 6.07) is 4.30. The molecular formula is C11H12N2. The quantitative estimate of drug-likeness (QED) is 0.704. The van der Waals surface area contributed by atoms with Crippen molar-refractivity contribution in [2.45, 2.75) is 25.7 Å². The molecule has 1 saturated carbocycles. The van der Waals surface area contributed by atoms with Gasteiger partial charge in [-0.05, 0) is 42.9 Å². The molecule has 1 aliphatic carbocycles. The molecule has 3 rings (SSSR count). The van der Waals surface area contributed by atoms with Crippen LogP contribution >= 0.6 is 0 Å². The molecule has 2 aromatic rings. The van der Waals surface area contributed by atoms with E-state index in [4.69, 9.17) is 0 Å². The SMILES string of the molecule is Cc1ccc2[nH]ncc2c1C1CC1. The molecule has 0 atom stereocenters. The van der Waals surface area contributed by atoms with Crippen molar-refractivity contribution < 1.29 is 0 Å². The Balaban J connectivity index is 2.36. The molecule has 1 N–H and O–H groups in total. The van der Waals surface area contributed by atoms with Gasteiger partial charge in [-0.2, -0.15) is 5.10 Å². The van der Waals surface area contributed by atoms with Crippen molar-refractivity contribution >= 4 is 10.9 Å². The van der Waals surface area contributed by atoms with E-state index in [1.165, 1.54) is 34.9 Å². The summed E-state index contributed by atoms with van der Waals surface area (Å²) < 4.78 is 0. The summed E-state index contributed by atoms with van der Waals surface area (Å²) >= 11 is 0. The standard InChI is InChI=1S/C11H12N2/c1-7-2-5-10-9(6-12-13-10)11(7)8-3-4-8/h2,5-6,8H,3-4H2,1H3,(H,12,13). The average Bonchev–Trinajstić information content (AvgIpc) is 2.82. The monoisotopic (exact) mass is 172 g/mol. The molecule has 0 unspecified atom stereocenters. The minimum atomic E-state index is 0.807. The number of benzene rings is 1. The third-order valence-corrected chi connectivity index (χ3v) is 2.87. The number of H-pyrrole nitrogens is 1. The topological polar surface area (TPSA) is 28.7 Å². The minimum absolute atomic E-state index is 0.807. The van der Waals surface area contributed by atoms with Gasteiger partial charge in [0.05, 0.1) is 11.7 Å². The van der Waals surface area contributed by atoms with Crippen LogP contribution in [0.2, 0.25) is 0 Å². The lowest BCUT2D eigenvalue weighted by atomic mass is 10.0. The third-order valence-electron chi connectivity index (χ3n) is 2.87. The van der Waals surface area contributed by atoms with Gasteiger partial charge in [0.25, 0.3) is 0 Å². The second-order valence-electron chi connectivity index (χ2n) is 3.90. The van der Waals surface area contributed by atoms with Gasteiger partial charge in [-0.25, -0.2) is 0 Å². The number of nitrogens with zero attached hydrogens (tertiary/aromatic N) is 1. The van der Waals surface area contributed by atoms with Gasteiger partial charge in [0.1, 0.15) is 0 Å². The molecule has 1 heterocycles. The van der Waals surface area contributed by atoms with E-state index >= 15 is 0 Å². The summed E-state index contributed by atoms with van der Waals surface area (Å²) in [7, 11) is 0. The van der Waals surface area contributed by atoms with E-state index in [0.717, 1.165) is 5.92 Å². The summed E-state index contributed by atoms with van der Waals surface area (Å²) in [5.41, 5.74) is 4.11. The van der Waals surface area contributed by atoms with Gasteiger partial charge in [0, 0.05) is 5.39 Å². The highest BCUT2D eigenvalue weighted by Crippen LogP contribution is 2.44. The molecule has 0 amide bonds. The van der Waals surface area contributed by atoms with Gasteiger partial charge < -0.3 is 0 Å². The van der Waals surface area contributed by atoms with Crippen molar-refractivity contribution in [1.82, 2.24) is 10.2 Å². The van der Waals surface area contributed by atoms with Crippen molar-refractivity contribution in [1.29, 1.82) is 0 Å². The fourth-order valence-corrected chi connectivity index (χ4v) is 2.06. The van der Waals surface area contributed by atoms with Crippen LogP contribution in [0.15, 0.2) is 18.3 Å². The number of aromatic nitrogens is 2. The predicted octanol–water partition coefficient (Wildman–Crippen LogP) is 2.75. The van der Waals surface area contributed by atoms with Gasteiger partial charge in [-0.15, -0.1) is 0 Å². The van der Waals surface area contributed by atoms with Crippen molar-refractivity contribution in [3.63, 3.8) is 0 Å². The van der Waals surface area contributed by atoms with Crippen LogP contribution in [0.25, 0.3) is 10.9 Å². The van der Waals surface area contributed by atoms with Crippen LogP contribution in [0.4, 0.5) is 0 Å². The molecule has 2 nitrogen and oxygen atoms in total. The Kier molecular flexibility index (Phi) is 1.29. The third kappa shape index (κ3) is 0.981. The van der Waals surface area contributed by atoms with Crippen molar-refractivity contribution in [3.8, 4) is 0 Å². The first-order valence-corrected chi connectivity index (χ1v) is 4.79. The molecule has 0 bridgehead atoms. The zero-order valence-electron chi connectivity index (χ0n) is 7.67. The Labute approximate surface area is 77.0 Å². The maximum Gasteiger partial charge on any atom is 0.0653 e. The Morgan fingerprint density at radius 2 is 2.23 bits per heavy atom. The lowest BCUT2D eigenvalue weighted by molar-refractivity contribution is 1.12. The Morgan fingerprint density at radius 3 is 3.00 bits per heavy atom. The Morgan fingerprint density at radius 1 is 1.38 bits per heavy atom. The first-order valence-electron chi connectivity index (χ1n) is 4.79. The highest BCUT2D eigenvalue weighted by atomic mass is 15.1. The summed E-state index contributed by atoms with van der Waals surface area (Å²) in [6.45, 7) is 2.19.